The Bertz CT molecular complexity index is 954. The van der Waals surface area contributed by atoms with Gasteiger partial charge in [0.25, 0.3) is 0 Å². The molecule has 1 aromatic heterocycles. The van der Waals surface area contributed by atoms with Crippen molar-refractivity contribution in [3.05, 3.63) is 59.4 Å². The van der Waals surface area contributed by atoms with Crippen LogP contribution in [0.1, 0.15) is 29.8 Å². The average Bonchev–Trinajstić information content (AvgIpc) is 2.98. The minimum atomic E-state index is 0.478. The van der Waals surface area contributed by atoms with Crippen molar-refractivity contribution in [2.24, 2.45) is 10.7 Å². The summed E-state index contributed by atoms with van der Waals surface area (Å²) in [6, 6.07) is 14.6. The highest BCUT2D eigenvalue weighted by atomic mass is 15.1. The third kappa shape index (κ3) is 3.29. The third-order valence-corrected chi connectivity index (χ3v) is 5.11. The molecule has 0 spiro atoms. The normalized spacial score (nSPS) is 14.4. The molecule has 5 heteroatoms. The second-order valence-corrected chi connectivity index (χ2v) is 6.84. The number of para-hydroxylation sites is 2. The molecule has 26 heavy (non-hydrogen) atoms. The standard InChI is InChI=1S/C21H25N5/c1-15-24-19-10-4-5-12-20(19)26(15)14-13-23-21(22)25-18-11-6-8-16-7-2-3-9-17(16)18/h4-6,8,10-12H,2-3,7,9,13-14H2,1H3,(H3,22,23,25). The van der Waals surface area contributed by atoms with Crippen LogP contribution < -0.4 is 11.1 Å². The summed E-state index contributed by atoms with van der Waals surface area (Å²) >= 11 is 0. The Labute approximate surface area is 154 Å². The molecule has 0 bridgehead atoms. The van der Waals surface area contributed by atoms with Gasteiger partial charge in [-0.2, -0.15) is 0 Å². The lowest BCUT2D eigenvalue weighted by Gasteiger charge is -2.19. The molecular weight excluding hydrogens is 322 g/mol. The van der Waals surface area contributed by atoms with E-state index in [1.54, 1.807) is 0 Å². The molecule has 2 aromatic carbocycles. The smallest absolute Gasteiger partial charge is 0.193 e. The van der Waals surface area contributed by atoms with Crippen LogP contribution in [-0.4, -0.2) is 22.1 Å². The largest absolute Gasteiger partial charge is 0.370 e. The number of guanidine groups is 1. The zero-order chi connectivity index (χ0) is 17.9. The molecule has 0 unspecified atom stereocenters. The summed E-state index contributed by atoms with van der Waals surface area (Å²) in [4.78, 5) is 9.12. The van der Waals surface area contributed by atoms with E-state index >= 15 is 0 Å². The number of aliphatic imine (C=N–C) groups is 1. The molecule has 0 fully saturated rings. The predicted molar refractivity (Wildman–Crippen MR) is 108 cm³/mol. The molecule has 1 aliphatic rings. The summed E-state index contributed by atoms with van der Waals surface area (Å²) in [7, 11) is 0. The number of nitrogens with zero attached hydrogens (tertiary/aromatic N) is 3. The Morgan fingerprint density at radius 3 is 2.92 bits per heavy atom. The number of fused-ring (bicyclic) bond motifs is 2. The Hall–Kier alpha value is -2.82. The van der Waals surface area contributed by atoms with Crippen LogP contribution in [0.5, 0.6) is 0 Å². The van der Waals surface area contributed by atoms with Gasteiger partial charge in [0.2, 0.25) is 0 Å². The molecule has 3 aromatic rings. The number of aromatic nitrogens is 2. The first kappa shape index (κ1) is 16.6. The van der Waals surface area contributed by atoms with E-state index in [2.05, 4.69) is 44.1 Å². The van der Waals surface area contributed by atoms with Crippen LogP contribution in [0.3, 0.4) is 0 Å². The fraction of sp³-hybridized carbons (Fsp3) is 0.333. The Balaban J connectivity index is 1.45. The van der Waals surface area contributed by atoms with Crippen molar-refractivity contribution in [3.63, 3.8) is 0 Å². The van der Waals surface area contributed by atoms with Gasteiger partial charge in [0.05, 0.1) is 17.6 Å². The lowest BCUT2D eigenvalue weighted by molar-refractivity contribution is 0.687. The summed E-state index contributed by atoms with van der Waals surface area (Å²) in [6.45, 7) is 3.41. The number of anilines is 1. The zero-order valence-electron chi connectivity index (χ0n) is 15.2. The first-order valence-corrected chi connectivity index (χ1v) is 9.32. The SMILES string of the molecule is Cc1nc2ccccc2n1CCN=C(N)Nc1cccc2c1CCCC2. The Morgan fingerprint density at radius 2 is 2.00 bits per heavy atom. The highest BCUT2D eigenvalue weighted by Gasteiger charge is 2.13. The van der Waals surface area contributed by atoms with E-state index in [-0.39, 0.29) is 0 Å². The summed E-state index contributed by atoms with van der Waals surface area (Å²) in [5.41, 5.74) is 12.2. The van der Waals surface area contributed by atoms with Crippen molar-refractivity contribution in [3.8, 4) is 0 Å². The minimum Gasteiger partial charge on any atom is -0.370 e. The number of imidazole rings is 1. The predicted octanol–water partition coefficient (Wildman–Crippen LogP) is 3.65. The van der Waals surface area contributed by atoms with Crippen LogP contribution in [0.2, 0.25) is 0 Å². The van der Waals surface area contributed by atoms with Gasteiger partial charge in [-0.05, 0) is 61.9 Å². The Kier molecular flexibility index (Phi) is 4.61. The molecule has 0 saturated heterocycles. The van der Waals surface area contributed by atoms with Gasteiger partial charge < -0.3 is 15.6 Å². The van der Waals surface area contributed by atoms with E-state index in [0.717, 1.165) is 41.9 Å². The molecule has 3 N–H and O–H groups in total. The number of nitrogens with two attached hydrogens (primary N) is 1. The van der Waals surface area contributed by atoms with Crippen LogP contribution in [-0.2, 0) is 19.4 Å². The molecule has 0 atom stereocenters. The highest BCUT2D eigenvalue weighted by molar-refractivity contribution is 5.93. The van der Waals surface area contributed by atoms with Crippen molar-refractivity contribution in [2.45, 2.75) is 39.2 Å². The molecule has 4 rings (SSSR count). The fourth-order valence-corrected chi connectivity index (χ4v) is 3.82. The number of benzene rings is 2. The van der Waals surface area contributed by atoms with Crippen molar-refractivity contribution >= 4 is 22.7 Å². The summed E-state index contributed by atoms with van der Waals surface area (Å²) in [5, 5.41) is 3.30. The molecule has 0 amide bonds. The van der Waals surface area contributed by atoms with E-state index in [9.17, 15) is 0 Å². The topological polar surface area (TPSA) is 68.2 Å². The minimum absolute atomic E-state index is 0.478. The number of aryl methyl sites for hydroxylation is 2. The van der Waals surface area contributed by atoms with Crippen LogP contribution in [0, 0.1) is 6.92 Å². The molecule has 0 aliphatic heterocycles. The summed E-state index contributed by atoms with van der Waals surface area (Å²) in [6.07, 6.45) is 4.80. The third-order valence-electron chi connectivity index (χ3n) is 5.11. The van der Waals surface area contributed by atoms with Gasteiger partial charge in [0, 0.05) is 12.2 Å². The zero-order valence-corrected chi connectivity index (χ0v) is 15.2. The number of hydrogen-bond acceptors (Lipinski definition) is 2. The number of nitrogens with one attached hydrogen (secondary N) is 1. The summed E-state index contributed by atoms with van der Waals surface area (Å²) < 4.78 is 2.19. The fourth-order valence-electron chi connectivity index (χ4n) is 3.82. The number of rotatable bonds is 4. The van der Waals surface area contributed by atoms with E-state index in [4.69, 9.17) is 5.73 Å². The lowest BCUT2D eigenvalue weighted by atomic mass is 9.90. The van der Waals surface area contributed by atoms with Crippen LogP contribution in [0.25, 0.3) is 11.0 Å². The molecule has 1 aliphatic carbocycles. The van der Waals surface area contributed by atoms with Crippen molar-refractivity contribution in [2.75, 3.05) is 11.9 Å². The van der Waals surface area contributed by atoms with Gasteiger partial charge in [0.1, 0.15) is 5.82 Å². The van der Waals surface area contributed by atoms with Gasteiger partial charge in [-0.1, -0.05) is 24.3 Å². The van der Waals surface area contributed by atoms with Gasteiger partial charge >= 0.3 is 0 Å². The van der Waals surface area contributed by atoms with Gasteiger partial charge in [-0.3, -0.25) is 4.99 Å². The van der Waals surface area contributed by atoms with E-state index in [0.29, 0.717) is 12.5 Å². The van der Waals surface area contributed by atoms with Crippen molar-refractivity contribution < 1.29 is 0 Å². The first-order chi connectivity index (χ1) is 12.7. The maximum atomic E-state index is 6.14. The maximum Gasteiger partial charge on any atom is 0.193 e. The van der Waals surface area contributed by atoms with Crippen molar-refractivity contribution in [1.82, 2.24) is 9.55 Å². The highest BCUT2D eigenvalue weighted by Crippen LogP contribution is 2.27. The molecule has 0 saturated carbocycles. The monoisotopic (exact) mass is 347 g/mol. The maximum absolute atomic E-state index is 6.14. The molecular formula is C21H25N5. The number of hydrogen-bond donors (Lipinski definition) is 2. The van der Waals surface area contributed by atoms with Crippen LogP contribution >= 0.6 is 0 Å². The van der Waals surface area contributed by atoms with Gasteiger partial charge in [-0.25, -0.2) is 4.98 Å². The second kappa shape index (κ2) is 7.20. The molecule has 1 heterocycles. The van der Waals surface area contributed by atoms with E-state index < -0.39 is 0 Å². The van der Waals surface area contributed by atoms with Crippen molar-refractivity contribution in [1.29, 1.82) is 0 Å². The van der Waals surface area contributed by atoms with E-state index in [1.807, 2.05) is 25.1 Å². The van der Waals surface area contributed by atoms with Crippen LogP contribution in [0.15, 0.2) is 47.5 Å². The second-order valence-electron chi connectivity index (χ2n) is 6.84. The van der Waals surface area contributed by atoms with Crippen LogP contribution in [0.4, 0.5) is 5.69 Å². The van der Waals surface area contributed by atoms with E-state index in [1.165, 1.54) is 24.0 Å². The Morgan fingerprint density at radius 1 is 1.15 bits per heavy atom. The lowest BCUT2D eigenvalue weighted by Crippen LogP contribution is -2.24. The first-order valence-electron chi connectivity index (χ1n) is 9.32. The molecule has 0 radical (unpaired) electrons. The average molecular weight is 347 g/mol. The molecule has 134 valence electrons. The summed E-state index contributed by atoms with van der Waals surface area (Å²) in [5.74, 6) is 1.48. The molecule has 5 nitrogen and oxygen atoms in total. The quantitative estimate of drug-likeness (QED) is 0.559. The van der Waals surface area contributed by atoms with Gasteiger partial charge in [0.15, 0.2) is 5.96 Å². The van der Waals surface area contributed by atoms with Gasteiger partial charge in [-0.15, -0.1) is 0 Å².